The number of nitrogens with one attached hydrogen (secondary N) is 2. The number of methoxy groups -OCH3 is 2. The SMILES string of the molecule is COc1cc(N2CCC[C@@H](N3CCC(NC(=O)CNC(=O)c4cccc(C(F)(F)F)c4)C3)CC2)nc(OC)n1. The zero-order chi connectivity index (χ0) is 28.0. The molecule has 1 aromatic carbocycles. The summed E-state index contributed by atoms with van der Waals surface area (Å²) >= 11 is 0. The van der Waals surface area contributed by atoms with E-state index < -0.39 is 17.6 Å². The number of carbonyl (C=O) groups is 2. The number of halogens is 3. The molecule has 0 saturated carbocycles. The molecule has 1 unspecified atom stereocenters. The average molecular weight is 551 g/mol. The summed E-state index contributed by atoms with van der Waals surface area (Å²) in [5.41, 5.74) is -1.06. The predicted octanol–water partition coefficient (Wildman–Crippen LogP) is 2.49. The largest absolute Gasteiger partial charge is 0.481 e. The molecule has 4 rings (SSSR count). The van der Waals surface area contributed by atoms with Crippen LogP contribution >= 0.6 is 0 Å². The standard InChI is InChI=1S/C26H33F3N6O4/c1-38-23-14-21(32-25(33-23)39-2)34-10-4-7-20(9-12-34)35-11-8-19(16-35)31-22(36)15-30-24(37)17-5-3-6-18(13-17)26(27,28)29/h3,5-6,13-14,19-20H,4,7-12,15-16H2,1-2H3,(H,30,37)(H,31,36)/t19?,20-/m1/s1. The van der Waals surface area contributed by atoms with E-state index in [0.717, 1.165) is 63.3 Å². The van der Waals surface area contributed by atoms with E-state index in [2.05, 4.69) is 30.4 Å². The molecule has 2 N–H and O–H groups in total. The Morgan fingerprint density at radius 1 is 1.05 bits per heavy atom. The second-order valence-corrected chi connectivity index (χ2v) is 9.64. The number of rotatable bonds is 8. The van der Waals surface area contributed by atoms with Crippen molar-refractivity contribution in [1.29, 1.82) is 0 Å². The van der Waals surface area contributed by atoms with E-state index in [1.54, 1.807) is 13.2 Å². The van der Waals surface area contributed by atoms with Crippen LogP contribution in [0.5, 0.6) is 11.9 Å². The lowest BCUT2D eigenvalue weighted by molar-refractivity contribution is -0.137. The van der Waals surface area contributed by atoms with Crippen LogP contribution in [0.2, 0.25) is 0 Å². The van der Waals surface area contributed by atoms with Crippen molar-refractivity contribution in [2.75, 3.05) is 51.8 Å². The van der Waals surface area contributed by atoms with Gasteiger partial charge in [-0.2, -0.15) is 23.1 Å². The molecule has 2 aromatic rings. The summed E-state index contributed by atoms with van der Waals surface area (Å²) < 4.78 is 49.2. The second-order valence-electron chi connectivity index (χ2n) is 9.64. The van der Waals surface area contributed by atoms with E-state index in [4.69, 9.17) is 9.47 Å². The predicted molar refractivity (Wildman–Crippen MR) is 137 cm³/mol. The summed E-state index contributed by atoms with van der Waals surface area (Å²) in [5, 5.41) is 5.34. The van der Waals surface area contributed by atoms with Crippen molar-refractivity contribution in [3.63, 3.8) is 0 Å². The third-order valence-corrected chi connectivity index (χ3v) is 7.04. The maximum absolute atomic E-state index is 12.9. The minimum Gasteiger partial charge on any atom is -0.481 e. The van der Waals surface area contributed by atoms with Gasteiger partial charge in [-0.25, -0.2) is 0 Å². The monoisotopic (exact) mass is 550 g/mol. The summed E-state index contributed by atoms with van der Waals surface area (Å²) in [6.45, 7) is 2.90. The Labute approximate surface area is 224 Å². The molecular formula is C26H33F3N6O4. The maximum Gasteiger partial charge on any atom is 0.416 e. The molecule has 2 saturated heterocycles. The van der Waals surface area contributed by atoms with E-state index in [-0.39, 0.29) is 30.1 Å². The van der Waals surface area contributed by atoms with Crippen LogP contribution in [0.3, 0.4) is 0 Å². The van der Waals surface area contributed by atoms with Crippen LogP contribution in [0.25, 0.3) is 0 Å². The fourth-order valence-corrected chi connectivity index (χ4v) is 5.04. The van der Waals surface area contributed by atoms with Crippen LogP contribution in [-0.4, -0.2) is 85.7 Å². The van der Waals surface area contributed by atoms with Crippen molar-refractivity contribution in [2.24, 2.45) is 0 Å². The third kappa shape index (κ3) is 7.49. The second kappa shape index (κ2) is 12.5. The van der Waals surface area contributed by atoms with Crippen molar-refractivity contribution in [2.45, 2.75) is 43.9 Å². The van der Waals surface area contributed by atoms with Gasteiger partial charge in [0.15, 0.2) is 0 Å². The van der Waals surface area contributed by atoms with Gasteiger partial charge >= 0.3 is 12.2 Å². The van der Waals surface area contributed by atoms with E-state index in [9.17, 15) is 22.8 Å². The molecule has 1 aromatic heterocycles. The van der Waals surface area contributed by atoms with Gasteiger partial charge in [0, 0.05) is 49.9 Å². The molecule has 13 heteroatoms. The molecule has 0 radical (unpaired) electrons. The molecule has 0 spiro atoms. The van der Waals surface area contributed by atoms with Crippen LogP contribution in [0.15, 0.2) is 30.3 Å². The Balaban J connectivity index is 1.24. The molecule has 2 aliphatic rings. The first-order valence-corrected chi connectivity index (χ1v) is 12.9. The molecule has 2 amide bonds. The van der Waals surface area contributed by atoms with Gasteiger partial charge in [0.1, 0.15) is 5.82 Å². The van der Waals surface area contributed by atoms with Gasteiger partial charge in [-0.05, 0) is 43.9 Å². The Hall–Kier alpha value is -3.61. The molecule has 3 heterocycles. The number of benzene rings is 1. The zero-order valence-corrected chi connectivity index (χ0v) is 22.0. The fourth-order valence-electron chi connectivity index (χ4n) is 5.04. The highest BCUT2D eigenvalue weighted by molar-refractivity contribution is 5.96. The van der Waals surface area contributed by atoms with Crippen LogP contribution in [0.1, 0.15) is 41.6 Å². The first-order chi connectivity index (χ1) is 18.7. The maximum atomic E-state index is 12.9. The summed E-state index contributed by atoms with van der Waals surface area (Å²) in [6, 6.07) is 6.48. The van der Waals surface area contributed by atoms with E-state index in [1.807, 2.05) is 0 Å². The van der Waals surface area contributed by atoms with Crippen LogP contribution in [0, 0.1) is 0 Å². The minimum atomic E-state index is -4.55. The lowest BCUT2D eigenvalue weighted by atomic mass is 10.1. The smallest absolute Gasteiger partial charge is 0.416 e. The normalized spacial score (nSPS) is 20.3. The number of carbonyl (C=O) groups excluding carboxylic acids is 2. The molecule has 0 aliphatic carbocycles. The molecule has 2 atom stereocenters. The number of likely N-dealkylation sites (tertiary alicyclic amines) is 1. The quantitative estimate of drug-likeness (QED) is 0.516. The van der Waals surface area contributed by atoms with E-state index in [1.165, 1.54) is 19.2 Å². The highest BCUT2D eigenvalue weighted by Gasteiger charge is 2.32. The topological polar surface area (TPSA) is 109 Å². The summed E-state index contributed by atoms with van der Waals surface area (Å²) in [6.07, 6.45) is -0.831. The molecular weight excluding hydrogens is 517 g/mol. The van der Waals surface area contributed by atoms with Crippen molar-refractivity contribution in [3.05, 3.63) is 41.5 Å². The van der Waals surface area contributed by atoms with E-state index >= 15 is 0 Å². The van der Waals surface area contributed by atoms with Gasteiger partial charge in [0.25, 0.3) is 5.91 Å². The lowest BCUT2D eigenvalue weighted by Crippen LogP contribution is -2.44. The summed E-state index contributed by atoms with van der Waals surface area (Å²) in [5.74, 6) is 0.104. The zero-order valence-electron chi connectivity index (χ0n) is 22.0. The highest BCUT2D eigenvalue weighted by atomic mass is 19.4. The van der Waals surface area contributed by atoms with Crippen molar-refractivity contribution in [3.8, 4) is 11.9 Å². The lowest BCUT2D eigenvalue weighted by Gasteiger charge is -2.27. The number of nitrogens with zero attached hydrogens (tertiary/aromatic N) is 4. The van der Waals surface area contributed by atoms with Gasteiger partial charge in [0.2, 0.25) is 11.8 Å². The Kier molecular flexibility index (Phi) is 9.10. The average Bonchev–Trinajstić information content (AvgIpc) is 3.25. The van der Waals surface area contributed by atoms with E-state index in [0.29, 0.717) is 18.5 Å². The number of amides is 2. The third-order valence-electron chi connectivity index (χ3n) is 7.04. The van der Waals surface area contributed by atoms with Crippen LogP contribution in [-0.2, 0) is 11.0 Å². The first-order valence-electron chi connectivity index (χ1n) is 12.9. The van der Waals surface area contributed by atoms with Gasteiger partial charge in [-0.15, -0.1) is 0 Å². The number of alkyl halides is 3. The Morgan fingerprint density at radius 2 is 1.87 bits per heavy atom. The minimum absolute atomic E-state index is 0.0577. The number of ether oxygens (including phenoxy) is 2. The van der Waals surface area contributed by atoms with Crippen molar-refractivity contribution >= 4 is 17.6 Å². The summed E-state index contributed by atoms with van der Waals surface area (Å²) in [4.78, 5) is 37.9. The first kappa shape index (κ1) is 28.4. The van der Waals surface area contributed by atoms with Gasteiger partial charge in [-0.3, -0.25) is 14.5 Å². The van der Waals surface area contributed by atoms with Crippen molar-refractivity contribution in [1.82, 2.24) is 25.5 Å². The number of hydrogen-bond acceptors (Lipinski definition) is 8. The molecule has 10 nitrogen and oxygen atoms in total. The Morgan fingerprint density at radius 3 is 2.62 bits per heavy atom. The highest BCUT2D eigenvalue weighted by Crippen LogP contribution is 2.30. The molecule has 2 aliphatic heterocycles. The fraction of sp³-hybridized carbons (Fsp3) is 0.538. The van der Waals surface area contributed by atoms with Crippen molar-refractivity contribution < 1.29 is 32.2 Å². The molecule has 2 fully saturated rings. The molecule has 212 valence electrons. The summed E-state index contributed by atoms with van der Waals surface area (Å²) in [7, 11) is 3.07. The Bertz CT molecular complexity index is 1140. The van der Waals surface area contributed by atoms with Crippen LogP contribution in [0.4, 0.5) is 19.0 Å². The molecule has 39 heavy (non-hydrogen) atoms. The number of hydrogen-bond donors (Lipinski definition) is 2. The van der Waals surface area contributed by atoms with Crippen LogP contribution < -0.4 is 25.0 Å². The number of anilines is 1. The molecule has 0 bridgehead atoms. The van der Waals surface area contributed by atoms with Gasteiger partial charge in [-0.1, -0.05) is 6.07 Å². The van der Waals surface area contributed by atoms with Gasteiger partial charge < -0.3 is 25.0 Å². The van der Waals surface area contributed by atoms with Gasteiger partial charge in [0.05, 0.1) is 26.3 Å². The number of aromatic nitrogens is 2.